The second kappa shape index (κ2) is 3.75. The van der Waals surface area contributed by atoms with Crippen LogP contribution in [0.5, 0.6) is 0 Å². The molecular formula is C10H15FN2. The third-order valence-electron chi connectivity index (χ3n) is 1.96. The molecule has 3 heteroatoms. The first-order valence-electron chi connectivity index (χ1n) is 4.24. The molecule has 0 spiro atoms. The van der Waals surface area contributed by atoms with Crippen molar-refractivity contribution in [2.75, 3.05) is 19.0 Å². The van der Waals surface area contributed by atoms with E-state index in [-0.39, 0.29) is 11.9 Å². The Morgan fingerprint density at radius 3 is 2.46 bits per heavy atom. The summed E-state index contributed by atoms with van der Waals surface area (Å²) >= 11 is 0. The third kappa shape index (κ3) is 2.18. The Bertz CT molecular complexity index is 295. The predicted octanol–water partition coefficient (Wildman–Crippen LogP) is 1.91. The van der Waals surface area contributed by atoms with Crippen molar-refractivity contribution in [2.45, 2.75) is 13.0 Å². The van der Waals surface area contributed by atoms with Crippen LogP contribution in [0.25, 0.3) is 0 Å². The minimum Gasteiger partial charge on any atom is -0.377 e. The number of nitrogens with two attached hydrogens (primary N) is 1. The Balaban J connectivity index is 3.19. The predicted molar refractivity (Wildman–Crippen MR) is 53.3 cm³/mol. The minimum atomic E-state index is -0.229. The maximum atomic E-state index is 12.9. The summed E-state index contributed by atoms with van der Waals surface area (Å²) in [6, 6.07) is 4.60. The summed E-state index contributed by atoms with van der Waals surface area (Å²) in [6.07, 6.45) is 0. The molecule has 1 aromatic rings. The lowest BCUT2D eigenvalue weighted by atomic mass is 10.1. The molecule has 0 aliphatic rings. The zero-order chi connectivity index (χ0) is 10.0. The van der Waals surface area contributed by atoms with E-state index in [1.807, 2.05) is 25.9 Å². The number of benzene rings is 1. The van der Waals surface area contributed by atoms with Gasteiger partial charge in [0.05, 0.1) is 0 Å². The van der Waals surface area contributed by atoms with Gasteiger partial charge in [0.25, 0.3) is 0 Å². The zero-order valence-electron chi connectivity index (χ0n) is 8.21. The van der Waals surface area contributed by atoms with Crippen LogP contribution in [0, 0.1) is 5.82 Å². The van der Waals surface area contributed by atoms with E-state index in [1.165, 1.54) is 12.1 Å². The number of hydrogen-bond donors (Lipinski definition) is 1. The van der Waals surface area contributed by atoms with Crippen molar-refractivity contribution in [3.8, 4) is 0 Å². The lowest BCUT2D eigenvalue weighted by molar-refractivity contribution is 0.625. The summed E-state index contributed by atoms with van der Waals surface area (Å²) in [5.41, 5.74) is 7.56. The van der Waals surface area contributed by atoms with E-state index >= 15 is 0 Å². The second-order valence-electron chi connectivity index (χ2n) is 3.39. The van der Waals surface area contributed by atoms with Crippen LogP contribution in [-0.4, -0.2) is 14.1 Å². The monoisotopic (exact) mass is 182 g/mol. The highest BCUT2D eigenvalue weighted by Gasteiger charge is 2.08. The Labute approximate surface area is 78.2 Å². The van der Waals surface area contributed by atoms with Crippen molar-refractivity contribution < 1.29 is 4.39 Å². The average Bonchev–Trinajstić information content (AvgIpc) is 2.03. The molecule has 0 aromatic heterocycles. The van der Waals surface area contributed by atoms with Gasteiger partial charge < -0.3 is 10.6 Å². The summed E-state index contributed by atoms with van der Waals surface area (Å²) < 4.78 is 12.9. The van der Waals surface area contributed by atoms with Crippen LogP contribution in [0.2, 0.25) is 0 Å². The zero-order valence-corrected chi connectivity index (χ0v) is 8.21. The Morgan fingerprint density at radius 1 is 1.38 bits per heavy atom. The number of nitrogens with zero attached hydrogens (tertiary/aromatic N) is 1. The lowest BCUT2D eigenvalue weighted by Gasteiger charge is -2.19. The summed E-state index contributed by atoms with van der Waals surface area (Å²) in [4.78, 5) is 1.86. The van der Waals surface area contributed by atoms with Crippen molar-refractivity contribution in [1.29, 1.82) is 0 Å². The Hall–Kier alpha value is -1.09. The molecule has 0 fully saturated rings. The molecule has 2 nitrogen and oxygen atoms in total. The molecule has 1 aromatic carbocycles. The van der Waals surface area contributed by atoms with Crippen LogP contribution in [0.1, 0.15) is 18.5 Å². The van der Waals surface area contributed by atoms with E-state index < -0.39 is 0 Å². The van der Waals surface area contributed by atoms with Crippen LogP contribution in [0.3, 0.4) is 0 Å². The molecule has 1 atom stereocenters. The molecule has 2 N–H and O–H groups in total. The van der Waals surface area contributed by atoms with E-state index in [9.17, 15) is 4.39 Å². The highest BCUT2D eigenvalue weighted by molar-refractivity contribution is 5.53. The lowest BCUT2D eigenvalue weighted by Crippen LogP contribution is -2.15. The van der Waals surface area contributed by atoms with E-state index in [0.29, 0.717) is 0 Å². The number of anilines is 1. The van der Waals surface area contributed by atoms with Gasteiger partial charge in [-0.3, -0.25) is 0 Å². The normalized spacial score (nSPS) is 12.7. The molecule has 0 saturated heterocycles. The first-order chi connectivity index (χ1) is 6.02. The summed E-state index contributed by atoms with van der Waals surface area (Å²) in [5.74, 6) is -0.229. The summed E-state index contributed by atoms with van der Waals surface area (Å²) in [7, 11) is 3.75. The highest BCUT2D eigenvalue weighted by atomic mass is 19.1. The SMILES string of the molecule is CC(N)c1ccc(F)cc1N(C)C. The molecule has 0 amide bonds. The Kier molecular flexibility index (Phi) is 2.88. The fourth-order valence-electron chi connectivity index (χ4n) is 1.29. The van der Waals surface area contributed by atoms with Gasteiger partial charge in [0.1, 0.15) is 5.82 Å². The van der Waals surface area contributed by atoms with Crippen LogP contribution < -0.4 is 10.6 Å². The van der Waals surface area contributed by atoms with Crippen LogP contribution >= 0.6 is 0 Å². The molecule has 0 bridgehead atoms. The standard InChI is InChI=1S/C10H15FN2/c1-7(12)9-5-4-8(11)6-10(9)13(2)3/h4-7H,12H2,1-3H3. The minimum absolute atomic E-state index is 0.0713. The first-order valence-corrected chi connectivity index (χ1v) is 4.24. The van der Waals surface area contributed by atoms with Crippen LogP contribution in [0.4, 0.5) is 10.1 Å². The van der Waals surface area contributed by atoms with Gasteiger partial charge in [0.15, 0.2) is 0 Å². The first kappa shape index (κ1) is 9.99. The summed E-state index contributed by atoms with van der Waals surface area (Å²) in [5, 5.41) is 0. The second-order valence-corrected chi connectivity index (χ2v) is 3.39. The topological polar surface area (TPSA) is 29.3 Å². The maximum absolute atomic E-state index is 12.9. The highest BCUT2D eigenvalue weighted by Crippen LogP contribution is 2.24. The largest absolute Gasteiger partial charge is 0.377 e. The molecule has 0 saturated carbocycles. The molecule has 13 heavy (non-hydrogen) atoms. The van der Waals surface area contributed by atoms with Gasteiger partial charge in [-0.1, -0.05) is 6.07 Å². The fraction of sp³-hybridized carbons (Fsp3) is 0.400. The van der Waals surface area contributed by atoms with Crippen molar-refractivity contribution in [3.05, 3.63) is 29.6 Å². The van der Waals surface area contributed by atoms with E-state index in [2.05, 4.69) is 0 Å². The molecule has 72 valence electrons. The van der Waals surface area contributed by atoms with Gasteiger partial charge >= 0.3 is 0 Å². The summed E-state index contributed by atoms with van der Waals surface area (Å²) in [6.45, 7) is 1.89. The smallest absolute Gasteiger partial charge is 0.125 e. The maximum Gasteiger partial charge on any atom is 0.125 e. The van der Waals surface area contributed by atoms with Gasteiger partial charge in [-0.15, -0.1) is 0 Å². The molecular weight excluding hydrogens is 167 g/mol. The molecule has 0 aliphatic heterocycles. The van der Waals surface area contributed by atoms with E-state index in [4.69, 9.17) is 5.73 Å². The fourth-order valence-corrected chi connectivity index (χ4v) is 1.29. The number of halogens is 1. The number of hydrogen-bond acceptors (Lipinski definition) is 2. The average molecular weight is 182 g/mol. The third-order valence-corrected chi connectivity index (χ3v) is 1.96. The van der Waals surface area contributed by atoms with Crippen LogP contribution in [-0.2, 0) is 0 Å². The van der Waals surface area contributed by atoms with Crippen molar-refractivity contribution in [3.63, 3.8) is 0 Å². The van der Waals surface area contributed by atoms with Gasteiger partial charge in [0, 0.05) is 25.8 Å². The molecule has 1 unspecified atom stereocenters. The van der Waals surface area contributed by atoms with E-state index in [1.54, 1.807) is 6.07 Å². The molecule has 0 radical (unpaired) electrons. The van der Waals surface area contributed by atoms with Gasteiger partial charge in [-0.25, -0.2) is 4.39 Å². The van der Waals surface area contributed by atoms with Gasteiger partial charge in [0.2, 0.25) is 0 Å². The van der Waals surface area contributed by atoms with Gasteiger partial charge in [-0.05, 0) is 24.6 Å². The van der Waals surface area contributed by atoms with Crippen LogP contribution in [0.15, 0.2) is 18.2 Å². The molecule has 0 heterocycles. The van der Waals surface area contributed by atoms with Gasteiger partial charge in [-0.2, -0.15) is 0 Å². The van der Waals surface area contributed by atoms with Crippen molar-refractivity contribution in [2.24, 2.45) is 5.73 Å². The van der Waals surface area contributed by atoms with Crippen molar-refractivity contribution in [1.82, 2.24) is 0 Å². The quantitative estimate of drug-likeness (QED) is 0.757. The molecule has 0 aliphatic carbocycles. The van der Waals surface area contributed by atoms with E-state index in [0.717, 1.165) is 11.3 Å². The number of rotatable bonds is 2. The molecule has 1 rings (SSSR count). The Morgan fingerprint density at radius 2 is 2.00 bits per heavy atom. The van der Waals surface area contributed by atoms with Crippen molar-refractivity contribution >= 4 is 5.69 Å².